The molecule has 2 rings (SSSR count). The first-order valence-corrected chi connectivity index (χ1v) is 8.15. The standard InChI is InChI=1S/C18H26BNO4/c1-13(22)20-11-16(10-14-6-8-15(12-21)9-7-14)19-23-17(2,3)18(4,5)24-19/h6-10,21H,11-12H2,1-5H3,(H,20,22). The lowest BCUT2D eigenvalue weighted by atomic mass is 9.77. The molecule has 1 aliphatic rings. The Hall–Kier alpha value is -1.63. The van der Waals surface area contributed by atoms with Crippen LogP contribution in [0.3, 0.4) is 0 Å². The molecule has 0 bridgehead atoms. The molecule has 0 atom stereocenters. The first-order chi connectivity index (χ1) is 11.1. The van der Waals surface area contributed by atoms with Gasteiger partial charge in [-0.2, -0.15) is 0 Å². The van der Waals surface area contributed by atoms with E-state index < -0.39 is 18.3 Å². The molecule has 1 aliphatic heterocycles. The van der Waals surface area contributed by atoms with E-state index in [1.54, 1.807) is 0 Å². The highest BCUT2D eigenvalue weighted by molar-refractivity contribution is 6.56. The first kappa shape index (κ1) is 18.7. The summed E-state index contributed by atoms with van der Waals surface area (Å²) in [6.07, 6.45) is 1.96. The van der Waals surface area contributed by atoms with Crippen molar-refractivity contribution in [3.05, 3.63) is 40.9 Å². The predicted octanol–water partition coefficient (Wildman–Crippen LogP) is 2.33. The molecular formula is C18H26BNO4. The van der Waals surface area contributed by atoms with Gasteiger partial charge < -0.3 is 19.7 Å². The molecule has 2 N–H and O–H groups in total. The highest BCUT2D eigenvalue weighted by Gasteiger charge is 2.52. The summed E-state index contributed by atoms with van der Waals surface area (Å²) in [4.78, 5) is 11.3. The lowest BCUT2D eigenvalue weighted by Gasteiger charge is -2.32. The van der Waals surface area contributed by atoms with E-state index in [1.165, 1.54) is 6.92 Å². The fourth-order valence-corrected chi connectivity index (χ4v) is 2.36. The second-order valence-electron chi connectivity index (χ2n) is 7.12. The van der Waals surface area contributed by atoms with Crippen LogP contribution in [0.1, 0.15) is 45.7 Å². The van der Waals surface area contributed by atoms with Crippen LogP contribution in [0.2, 0.25) is 0 Å². The molecule has 130 valence electrons. The molecule has 1 aromatic rings. The van der Waals surface area contributed by atoms with Crippen LogP contribution in [0.5, 0.6) is 0 Å². The van der Waals surface area contributed by atoms with Gasteiger partial charge in [-0.1, -0.05) is 30.3 Å². The Balaban J connectivity index is 2.27. The zero-order valence-corrected chi connectivity index (χ0v) is 15.1. The summed E-state index contributed by atoms with van der Waals surface area (Å²) < 4.78 is 12.2. The third kappa shape index (κ3) is 4.26. The van der Waals surface area contributed by atoms with Gasteiger partial charge in [0.15, 0.2) is 0 Å². The van der Waals surface area contributed by atoms with Crippen LogP contribution in [0, 0.1) is 0 Å². The summed E-state index contributed by atoms with van der Waals surface area (Å²) in [6, 6.07) is 7.58. The molecule has 1 saturated heterocycles. The Morgan fingerprint density at radius 2 is 1.71 bits per heavy atom. The normalized spacial score (nSPS) is 19.4. The molecule has 6 heteroatoms. The summed E-state index contributed by atoms with van der Waals surface area (Å²) in [7, 11) is -0.514. The van der Waals surface area contributed by atoms with Crippen molar-refractivity contribution in [3.8, 4) is 0 Å². The van der Waals surface area contributed by atoms with Crippen LogP contribution >= 0.6 is 0 Å². The fourth-order valence-electron chi connectivity index (χ4n) is 2.36. The fraction of sp³-hybridized carbons (Fsp3) is 0.500. The van der Waals surface area contributed by atoms with Gasteiger partial charge in [0, 0.05) is 13.5 Å². The van der Waals surface area contributed by atoms with Crippen molar-refractivity contribution >= 4 is 19.1 Å². The zero-order chi connectivity index (χ0) is 18.0. The van der Waals surface area contributed by atoms with E-state index >= 15 is 0 Å². The highest BCUT2D eigenvalue weighted by Crippen LogP contribution is 2.38. The molecule has 0 aromatic heterocycles. The number of nitrogens with one attached hydrogen (secondary N) is 1. The Bertz CT molecular complexity index is 606. The number of amides is 1. The van der Waals surface area contributed by atoms with Crippen LogP contribution in [0.25, 0.3) is 6.08 Å². The van der Waals surface area contributed by atoms with Crippen LogP contribution in [-0.4, -0.2) is 35.9 Å². The van der Waals surface area contributed by atoms with Gasteiger partial charge in [-0.3, -0.25) is 4.79 Å². The number of carbonyl (C=O) groups is 1. The number of hydrogen-bond acceptors (Lipinski definition) is 4. The Morgan fingerprint density at radius 3 is 2.17 bits per heavy atom. The molecule has 24 heavy (non-hydrogen) atoms. The van der Waals surface area contributed by atoms with Gasteiger partial charge in [-0.15, -0.1) is 0 Å². The quantitative estimate of drug-likeness (QED) is 0.813. The second-order valence-corrected chi connectivity index (χ2v) is 7.12. The van der Waals surface area contributed by atoms with Gasteiger partial charge in [0.1, 0.15) is 0 Å². The highest BCUT2D eigenvalue weighted by atomic mass is 16.7. The largest absolute Gasteiger partial charge is 0.492 e. The third-order valence-corrected chi connectivity index (χ3v) is 4.61. The first-order valence-electron chi connectivity index (χ1n) is 8.15. The van der Waals surface area contributed by atoms with Crippen LogP contribution in [0.15, 0.2) is 29.7 Å². The van der Waals surface area contributed by atoms with Crippen molar-refractivity contribution in [3.63, 3.8) is 0 Å². The van der Waals surface area contributed by atoms with Crippen LogP contribution < -0.4 is 5.32 Å². The Labute approximate surface area is 144 Å². The van der Waals surface area contributed by atoms with Gasteiger partial charge in [0.05, 0.1) is 17.8 Å². The Morgan fingerprint density at radius 1 is 1.17 bits per heavy atom. The predicted molar refractivity (Wildman–Crippen MR) is 95.1 cm³/mol. The van der Waals surface area contributed by atoms with E-state index in [0.29, 0.717) is 6.54 Å². The number of carbonyl (C=O) groups excluding carboxylic acids is 1. The van der Waals surface area contributed by atoms with Gasteiger partial charge in [0.2, 0.25) is 5.91 Å². The number of hydrogen-bond donors (Lipinski definition) is 2. The van der Waals surface area contributed by atoms with Crippen LogP contribution in [0.4, 0.5) is 0 Å². The van der Waals surface area contributed by atoms with E-state index in [0.717, 1.165) is 16.6 Å². The Kier molecular flexibility index (Phi) is 5.53. The van der Waals surface area contributed by atoms with E-state index in [2.05, 4.69) is 5.32 Å². The summed E-state index contributed by atoms with van der Waals surface area (Å²) in [5.41, 5.74) is 1.79. The third-order valence-electron chi connectivity index (χ3n) is 4.61. The van der Waals surface area contributed by atoms with Gasteiger partial charge in [-0.05, 0) is 44.3 Å². The number of aliphatic hydroxyl groups excluding tert-OH is 1. The number of aliphatic hydroxyl groups is 1. The molecule has 5 nitrogen and oxygen atoms in total. The molecule has 0 radical (unpaired) electrons. The minimum absolute atomic E-state index is 0.0139. The van der Waals surface area contributed by atoms with Crippen molar-refractivity contribution in [2.75, 3.05) is 6.54 Å². The average molecular weight is 331 g/mol. The molecule has 1 amide bonds. The molecule has 0 saturated carbocycles. The molecule has 0 spiro atoms. The van der Waals surface area contributed by atoms with Crippen molar-refractivity contribution in [1.29, 1.82) is 0 Å². The summed E-state index contributed by atoms with van der Waals surface area (Å²) in [6.45, 7) is 9.85. The zero-order valence-electron chi connectivity index (χ0n) is 15.1. The monoisotopic (exact) mass is 331 g/mol. The van der Waals surface area contributed by atoms with Gasteiger partial charge in [-0.25, -0.2) is 0 Å². The van der Waals surface area contributed by atoms with Crippen molar-refractivity contribution in [2.24, 2.45) is 0 Å². The molecule has 1 fully saturated rings. The number of rotatable bonds is 5. The van der Waals surface area contributed by atoms with Crippen molar-refractivity contribution in [1.82, 2.24) is 5.32 Å². The molecule has 0 unspecified atom stereocenters. The smallest absolute Gasteiger partial charge is 0.400 e. The molecular weight excluding hydrogens is 305 g/mol. The molecule has 0 aliphatic carbocycles. The average Bonchev–Trinajstić information content (AvgIpc) is 2.72. The van der Waals surface area contributed by atoms with Gasteiger partial charge >= 0.3 is 7.12 Å². The minimum atomic E-state index is -0.514. The maximum absolute atomic E-state index is 11.3. The summed E-state index contributed by atoms with van der Waals surface area (Å²) in [5.74, 6) is -0.104. The van der Waals surface area contributed by atoms with E-state index in [-0.39, 0.29) is 12.5 Å². The molecule has 1 aromatic carbocycles. The maximum Gasteiger partial charge on any atom is 0.492 e. The number of benzene rings is 1. The van der Waals surface area contributed by atoms with Crippen LogP contribution in [-0.2, 0) is 20.7 Å². The second kappa shape index (κ2) is 7.09. The lowest BCUT2D eigenvalue weighted by molar-refractivity contribution is -0.118. The van der Waals surface area contributed by atoms with E-state index in [9.17, 15) is 4.79 Å². The van der Waals surface area contributed by atoms with Crippen molar-refractivity contribution < 1.29 is 19.2 Å². The molecule has 1 heterocycles. The lowest BCUT2D eigenvalue weighted by Crippen LogP contribution is -2.41. The summed E-state index contributed by atoms with van der Waals surface area (Å²) in [5, 5.41) is 12.0. The van der Waals surface area contributed by atoms with Crippen molar-refractivity contribution in [2.45, 2.75) is 52.4 Å². The van der Waals surface area contributed by atoms with E-state index in [1.807, 2.05) is 58.0 Å². The van der Waals surface area contributed by atoms with Gasteiger partial charge in [0.25, 0.3) is 0 Å². The topological polar surface area (TPSA) is 67.8 Å². The SMILES string of the molecule is CC(=O)NCC(=Cc1ccc(CO)cc1)B1OC(C)(C)C(C)(C)O1. The minimum Gasteiger partial charge on any atom is -0.400 e. The van der Waals surface area contributed by atoms with E-state index in [4.69, 9.17) is 14.4 Å². The maximum atomic E-state index is 11.3. The summed E-state index contributed by atoms with van der Waals surface area (Å²) >= 11 is 0.